The van der Waals surface area contributed by atoms with Crippen LogP contribution in [0.5, 0.6) is 0 Å². The van der Waals surface area contributed by atoms with E-state index in [4.69, 9.17) is 0 Å². The van der Waals surface area contributed by atoms with Gasteiger partial charge in [-0.3, -0.25) is 0 Å². The van der Waals surface area contributed by atoms with Crippen LogP contribution >= 0.6 is 0 Å². The van der Waals surface area contributed by atoms with Gasteiger partial charge in [0.1, 0.15) is 0 Å². The van der Waals surface area contributed by atoms with Gasteiger partial charge >= 0.3 is 0 Å². The van der Waals surface area contributed by atoms with E-state index in [1.54, 1.807) is 0 Å². The Labute approximate surface area is 91.8 Å². The third-order valence-electron chi connectivity index (χ3n) is 6.00. The second-order valence-corrected chi connectivity index (χ2v) is 6.56. The highest BCUT2D eigenvalue weighted by Crippen LogP contribution is 2.98. The minimum atomic E-state index is 0.666. The monoisotopic (exact) mass is 198 g/mol. The molecular weight excluding hydrogens is 180 g/mol. The van der Waals surface area contributed by atoms with Gasteiger partial charge in [-0.2, -0.15) is 0 Å². The van der Waals surface area contributed by atoms with E-state index in [9.17, 15) is 0 Å². The van der Waals surface area contributed by atoms with Crippen LogP contribution in [0, 0.1) is 16.2 Å². The maximum absolute atomic E-state index is 4.14. The first-order valence-corrected chi connectivity index (χ1v) is 6.05. The topological polar surface area (TPSA) is 0 Å². The summed E-state index contributed by atoms with van der Waals surface area (Å²) in [5.74, 6) is 0. The molecule has 0 radical (unpaired) electrons. The minimum absolute atomic E-state index is 0.666. The molecule has 0 amide bonds. The van der Waals surface area contributed by atoms with E-state index < -0.39 is 0 Å². The van der Waals surface area contributed by atoms with Crippen LogP contribution in [0.2, 0.25) is 0 Å². The van der Waals surface area contributed by atoms with Crippen molar-refractivity contribution in [1.82, 2.24) is 0 Å². The molecule has 0 N–H and O–H groups in total. The Hall–Kier alpha value is -0.780. The lowest BCUT2D eigenvalue weighted by Gasteiger charge is -2.40. The maximum atomic E-state index is 4.14. The Morgan fingerprint density at radius 3 is 0.867 bits per heavy atom. The lowest BCUT2D eigenvalue weighted by Crippen LogP contribution is -2.29. The first-order chi connectivity index (χ1) is 7.05. The van der Waals surface area contributed by atoms with Crippen LogP contribution in [-0.2, 0) is 0 Å². The van der Waals surface area contributed by atoms with Gasteiger partial charge in [-0.1, -0.05) is 36.5 Å². The van der Waals surface area contributed by atoms with Crippen molar-refractivity contribution in [2.75, 3.05) is 0 Å². The molecule has 3 spiro atoms. The fraction of sp³-hybridized carbons (Fsp3) is 0.600. The quantitative estimate of drug-likeness (QED) is 0.516. The predicted molar refractivity (Wildman–Crippen MR) is 62.4 cm³/mol. The molecule has 0 heteroatoms. The lowest BCUT2D eigenvalue weighted by molar-refractivity contribution is 0.220. The zero-order chi connectivity index (χ0) is 10.5. The molecule has 4 saturated carbocycles. The maximum Gasteiger partial charge on any atom is -0.00867 e. The smallest absolute Gasteiger partial charge is 0.00867 e. The van der Waals surface area contributed by atoms with Crippen molar-refractivity contribution in [2.45, 2.75) is 38.5 Å². The summed E-state index contributed by atoms with van der Waals surface area (Å²) in [5.41, 5.74) is 6.46. The van der Waals surface area contributed by atoms with Crippen molar-refractivity contribution in [3.05, 3.63) is 36.5 Å². The molecule has 0 aromatic carbocycles. The van der Waals surface area contributed by atoms with Crippen LogP contribution in [0.4, 0.5) is 0 Å². The molecule has 0 atom stereocenters. The highest BCUT2D eigenvalue weighted by atomic mass is 14.9. The average Bonchev–Trinajstić information content (AvgIpc) is 2.49. The normalized spacial score (nSPS) is 36.4. The fourth-order valence-corrected chi connectivity index (χ4v) is 5.45. The summed E-state index contributed by atoms with van der Waals surface area (Å²) in [7, 11) is 0. The van der Waals surface area contributed by atoms with E-state index in [1.165, 1.54) is 55.2 Å². The molecule has 15 heavy (non-hydrogen) atoms. The molecule has 0 aromatic heterocycles. The summed E-state index contributed by atoms with van der Waals surface area (Å²) in [5, 5.41) is 0. The molecule has 4 fully saturated rings. The van der Waals surface area contributed by atoms with Crippen LogP contribution in [0.15, 0.2) is 36.5 Å². The van der Waals surface area contributed by atoms with Gasteiger partial charge in [-0.15, -0.1) is 0 Å². The highest BCUT2D eigenvalue weighted by Gasteiger charge is 2.90. The van der Waals surface area contributed by atoms with E-state index >= 15 is 0 Å². The molecule has 0 bridgehead atoms. The van der Waals surface area contributed by atoms with Crippen molar-refractivity contribution in [3.8, 4) is 0 Å². The summed E-state index contributed by atoms with van der Waals surface area (Å²) in [6, 6.07) is 0. The lowest BCUT2D eigenvalue weighted by atomic mass is 9.64. The van der Waals surface area contributed by atoms with Crippen molar-refractivity contribution in [3.63, 3.8) is 0 Å². The van der Waals surface area contributed by atoms with Gasteiger partial charge in [-0.05, 0) is 54.8 Å². The standard InChI is InChI=1S/C15H18/c1-10-4-13(5-10)14(6-11(2)7-14)15(13)8-12(3)9-15/h1-9H2. The van der Waals surface area contributed by atoms with Crippen LogP contribution in [0.25, 0.3) is 0 Å². The van der Waals surface area contributed by atoms with E-state index in [0.29, 0.717) is 16.2 Å². The number of rotatable bonds is 0. The van der Waals surface area contributed by atoms with E-state index in [-0.39, 0.29) is 0 Å². The van der Waals surface area contributed by atoms with E-state index in [0.717, 1.165) is 0 Å². The van der Waals surface area contributed by atoms with E-state index in [2.05, 4.69) is 19.7 Å². The SMILES string of the molecule is C=C1CC2(C1)C1(CC(=C)C1)C21CC(=C)C1. The molecule has 0 aromatic rings. The van der Waals surface area contributed by atoms with Gasteiger partial charge in [0.15, 0.2) is 0 Å². The Morgan fingerprint density at radius 1 is 0.533 bits per heavy atom. The number of hydrogen-bond acceptors (Lipinski definition) is 0. The number of allylic oxidation sites excluding steroid dienone is 3. The molecule has 0 nitrogen and oxygen atoms in total. The Balaban J connectivity index is 1.73. The van der Waals surface area contributed by atoms with Crippen molar-refractivity contribution in [1.29, 1.82) is 0 Å². The largest absolute Gasteiger partial charge is 0.0998 e. The Kier molecular flexibility index (Phi) is 1.06. The van der Waals surface area contributed by atoms with Crippen molar-refractivity contribution >= 4 is 0 Å². The molecule has 4 aliphatic rings. The molecule has 78 valence electrons. The Morgan fingerprint density at radius 2 is 0.733 bits per heavy atom. The van der Waals surface area contributed by atoms with E-state index in [1.807, 2.05) is 0 Å². The highest BCUT2D eigenvalue weighted by molar-refractivity contribution is 5.52. The predicted octanol–water partition coefficient (Wildman–Crippen LogP) is 4.01. The molecule has 0 aliphatic heterocycles. The first-order valence-electron chi connectivity index (χ1n) is 6.05. The zero-order valence-corrected chi connectivity index (χ0v) is 9.36. The fourth-order valence-electron chi connectivity index (χ4n) is 5.45. The third-order valence-corrected chi connectivity index (χ3v) is 6.00. The minimum Gasteiger partial charge on any atom is -0.0998 e. The summed E-state index contributed by atoms with van der Waals surface area (Å²) >= 11 is 0. The van der Waals surface area contributed by atoms with Crippen molar-refractivity contribution in [2.24, 2.45) is 16.2 Å². The second kappa shape index (κ2) is 1.90. The number of fused-ring (bicyclic) bond motifs is 3. The Bertz CT molecular complexity index is 332. The van der Waals surface area contributed by atoms with Gasteiger partial charge in [0.25, 0.3) is 0 Å². The van der Waals surface area contributed by atoms with Crippen LogP contribution in [-0.4, -0.2) is 0 Å². The van der Waals surface area contributed by atoms with Crippen LogP contribution in [0.3, 0.4) is 0 Å². The van der Waals surface area contributed by atoms with Gasteiger partial charge in [0, 0.05) is 0 Å². The number of hydrogen-bond donors (Lipinski definition) is 0. The molecule has 0 saturated heterocycles. The van der Waals surface area contributed by atoms with Gasteiger partial charge in [0.05, 0.1) is 0 Å². The first kappa shape index (κ1) is 8.38. The summed E-state index contributed by atoms with van der Waals surface area (Å²) < 4.78 is 0. The third kappa shape index (κ3) is 0.566. The van der Waals surface area contributed by atoms with Gasteiger partial charge in [-0.25, -0.2) is 0 Å². The van der Waals surface area contributed by atoms with Gasteiger partial charge < -0.3 is 0 Å². The molecule has 0 heterocycles. The molecule has 4 aliphatic carbocycles. The van der Waals surface area contributed by atoms with Crippen molar-refractivity contribution < 1.29 is 0 Å². The molecular formula is C15H18. The summed E-state index contributed by atoms with van der Waals surface area (Å²) in [6.45, 7) is 12.4. The van der Waals surface area contributed by atoms with Crippen LogP contribution in [0.1, 0.15) is 38.5 Å². The second-order valence-electron chi connectivity index (χ2n) is 6.56. The van der Waals surface area contributed by atoms with Crippen LogP contribution < -0.4 is 0 Å². The molecule has 0 unspecified atom stereocenters. The summed E-state index contributed by atoms with van der Waals surface area (Å²) in [4.78, 5) is 0. The average molecular weight is 198 g/mol. The van der Waals surface area contributed by atoms with Gasteiger partial charge in [0.2, 0.25) is 0 Å². The molecule has 4 rings (SSSR count). The zero-order valence-electron chi connectivity index (χ0n) is 9.36. The summed E-state index contributed by atoms with van der Waals surface area (Å²) in [6.07, 6.45) is 7.88.